The number of methoxy groups -OCH3 is 1. The Hall–Kier alpha value is -1.99. The molecule has 0 bridgehead atoms. The molecule has 0 radical (unpaired) electrons. The molecule has 24 heavy (non-hydrogen) atoms. The maximum atomic E-state index is 12.0. The molecule has 0 spiro atoms. The zero-order valence-electron chi connectivity index (χ0n) is 13.7. The number of ether oxygens (including phenoxy) is 4. The summed E-state index contributed by atoms with van der Waals surface area (Å²) < 4.78 is 23.1. The summed E-state index contributed by atoms with van der Waals surface area (Å²) in [5.74, 6) is 0. The molecule has 2 rings (SSSR count). The molecular formula is C15H21N3O6. The smallest absolute Gasteiger partial charge is 0.330 e. The third-order valence-electron chi connectivity index (χ3n) is 3.69. The van der Waals surface area contributed by atoms with Crippen LogP contribution in [0.3, 0.4) is 0 Å². The molecule has 3 atom stereocenters. The van der Waals surface area contributed by atoms with Crippen LogP contribution in [-0.4, -0.2) is 48.9 Å². The fourth-order valence-corrected chi connectivity index (χ4v) is 2.47. The normalized spacial score (nSPS) is 23.3. The van der Waals surface area contributed by atoms with E-state index in [0.29, 0.717) is 31.6 Å². The van der Waals surface area contributed by atoms with E-state index in [-0.39, 0.29) is 19.0 Å². The van der Waals surface area contributed by atoms with E-state index in [9.17, 15) is 9.59 Å². The van der Waals surface area contributed by atoms with Crippen molar-refractivity contribution >= 4 is 0 Å². The van der Waals surface area contributed by atoms with E-state index in [2.05, 4.69) is 4.98 Å². The summed E-state index contributed by atoms with van der Waals surface area (Å²) >= 11 is 0. The Morgan fingerprint density at radius 2 is 2.29 bits per heavy atom. The number of hydrogen-bond acceptors (Lipinski definition) is 7. The Bertz CT molecular complexity index is 692. The maximum absolute atomic E-state index is 12.0. The number of aryl methyl sites for hydroxylation is 1. The molecule has 1 aliphatic rings. The van der Waals surface area contributed by atoms with Gasteiger partial charge in [-0.3, -0.25) is 14.3 Å². The first-order chi connectivity index (χ1) is 11.6. The van der Waals surface area contributed by atoms with E-state index in [4.69, 9.17) is 24.2 Å². The average molecular weight is 339 g/mol. The summed E-state index contributed by atoms with van der Waals surface area (Å²) in [6.45, 7) is 2.24. The highest BCUT2D eigenvalue weighted by Gasteiger charge is 2.37. The van der Waals surface area contributed by atoms with Crippen molar-refractivity contribution in [1.82, 2.24) is 9.55 Å². The number of aromatic nitrogens is 2. The first-order valence-corrected chi connectivity index (χ1v) is 7.59. The summed E-state index contributed by atoms with van der Waals surface area (Å²) in [5, 5.41) is 8.45. The highest BCUT2D eigenvalue weighted by atomic mass is 16.7. The number of H-pyrrole nitrogens is 1. The molecule has 1 aliphatic heterocycles. The standard InChI is InChI=1S/C15H21N3O6/c1-10-7-18(15(20)17-14(10)19)13-6-11(12(24-13)8-21-2)23-9-22-5-3-4-16/h7,11-13H,3,5-6,8-9H2,1-2H3,(H,17,19,20)/t11-,12?,13-/m1/s1. The van der Waals surface area contributed by atoms with Gasteiger partial charge in [0, 0.05) is 25.3 Å². The van der Waals surface area contributed by atoms with Crippen molar-refractivity contribution < 1.29 is 18.9 Å². The zero-order valence-corrected chi connectivity index (χ0v) is 13.7. The van der Waals surface area contributed by atoms with Gasteiger partial charge in [0.2, 0.25) is 0 Å². The maximum Gasteiger partial charge on any atom is 0.330 e. The summed E-state index contributed by atoms with van der Waals surface area (Å²) in [4.78, 5) is 25.7. The van der Waals surface area contributed by atoms with Crippen molar-refractivity contribution in [1.29, 1.82) is 5.26 Å². The summed E-state index contributed by atoms with van der Waals surface area (Å²) in [6, 6.07) is 1.98. The van der Waals surface area contributed by atoms with Crippen LogP contribution in [0.1, 0.15) is 24.6 Å². The molecule has 1 unspecified atom stereocenters. The van der Waals surface area contributed by atoms with Crippen LogP contribution in [0.15, 0.2) is 15.8 Å². The SMILES string of the molecule is COCC1O[C@@H](n2cc(C)c(=O)[nH]c2=O)C[C@H]1OCOCCC#N. The van der Waals surface area contributed by atoms with Crippen LogP contribution in [-0.2, 0) is 18.9 Å². The number of hydrogen-bond donors (Lipinski definition) is 1. The number of nitrogens with zero attached hydrogens (tertiary/aromatic N) is 2. The highest BCUT2D eigenvalue weighted by molar-refractivity contribution is 5.02. The first-order valence-electron chi connectivity index (χ1n) is 7.59. The van der Waals surface area contributed by atoms with Gasteiger partial charge in [-0.05, 0) is 6.92 Å². The van der Waals surface area contributed by atoms with Gasteiger partial charge in [0.1, 0.15) is 19.1 Å². The minimum Gasteiger partial charge on any atom is -0.382 e. The van der Waals surface area contributed by atoms with Gasteiger partial charge in [-0.2, -0.15) is 5.26 Å². The molecule has 1 aromatic heterocycles. The molecule has 0 saturated carbocycles. The predicted octanol–water partition coefficient (Wildman–Crippen LogP) is 0.0519. The van der Waals surface area contributed by atoms with Gasteiger partial charge in [-0.1, -0.05) is 0 Å². The van der Waals surface area contributed by atoms with E-state index in [1.54, 1.807) is 14.0 Å². The molecule has 132 valence electrons. The van der Waals surface area contributed by atoms with Crippen molar-refractivity contribution in [2.45, 2.75) is 38.2 Å². The lowest BCUT2D eigenvalue weighted by Crippen LogP contribution is -2.33. The van der Waals surface area contributed by atoms with Crippen LogP contribution in [0.4, 0.5) is 0 Å². The summed E-state index contributed by atoms with van der Waals surface area (Å²) in [5.41, 5.74) is -0.523. The lowest BCUT2D eigenvalue weighted by Gasteiger charge is -2.17. The molecule has 1 aromatic rings. The lowest BCUT2D eigenvalue weighted by molar-refractivity contribution is -0.120. The molecule has 1 saturated heterocycles. The second kappa shape index (κ2) is 8.75. The zero-order chi connectivity index (χ0) is 17.5. The van der Waals surface area contributed by atoms with Crippen LogP contribution in [0, 0.1) is 18.3 Å². The fourth-order valence-electron chi connectivity index (χ4n) is 2.47. The summed E-state index contributed by atoms with van der Waals surface area (Å²) in [7, 11) is 1.55. The van der Waals surface area contributed by atoms with Gasteiger partial charge in [-0.25, -0.2) is 4.79 Å². The minimum absolute atomic E-state index is 0.0300. The van der Waals surface area contributed by atoms with Crippen LogP contribution < -0.4 is 11.2 Å². The average Bonchev–Trinajstić information content (AvgIpc) is 2.94. The lowest BCUT2D eigenvalue weighted by atomic mass is 10.2. The van der Waals surface area contributed by atoms with Crippen molar-refractivity contribution in [2.75, 3.05) is 27.1 Å². The van der Waals surface area contributed by atoms with Crippen LogP contribution >= 0.6 is 0 Å². The quantitative estimate of drug-likeness (QED) is 0.525. The molecular weight excluding hydrogens is 318 g/mol. The largest absolute Gasteiger partial charge is 0.382 e. The second-order valence-electron chi connectivity index (χ2n) is 5.44. The van der Waals surface area contributed by atoms with Gasteiger partial charge in [0.25, 0.3) is 5.56 Å². The van der Waals surface area contributed by atoms with E-state index < -0.39 is 17.5 Å². The second-order valence-corrected chi connectivity index (χ2v) is 5.44. The van der Waals surface area contributed by atoms with Crippen molar-refractivity contribution in [3.8, 4) is 6.07 Å². The highest BCUT2D eigenvalue weighted by Crippen LogP contribution is 2.30. The van der Waals surface area contributed by atoms with Crippen LogP contribution in [0.25, 0.3) is 0 Å². The van der Waals surface area contributed by atoms with Gasteiger partial charge in [0.05, 0.1) is 31.8 Å². The van der Waals surface area contributed by atoms with E-state index in [1.165, 1.54) is 10.8 Å². The first kappa shape index (κ1) is 18.4. The van der Waals surface area contributed by atoms with Gasteiger partial charge in [0.15, 0.2) is 0 Å². The van der Waals surface area contributed by atoms with E-state index in [1.807, 2.05) is 6.07 Å². The molecule has 0 amide bonds. The van der Waals surface area contributed by atoms with Crippen LogP contribution in [0.5, 0.6) is 0 Å². The Labute approximate surface area is 138 Å². The number of aromatic amines is 1. The third-order valence-corrected chi connectivity index (χ3v) is 3.69. The van der Waals surface area contributed by atoms with Crippen molar-refractivity contribution in [3.05, 3.63) is 32.6 Å². The predicted molar refractivity (Wildman–Crippen MR) is 82.4 cm³/mol. The van der Waals surface area contributed by atoms with Gasteiger partial charge in [-0.15, -0.1) is 0 Å². The van der Waals surface area contributed by atoms with Crippen LogP contribution in [0.2, 0.25) is 0 Å². The number of nitriles is 1. The topological polar surface area (TPSA) is 116 Å². The van der Waals surface area contributed by atoms with Gasteiger partial charge >= 0.3 is 5.69 Å². The Kier molecular flexibility index (Phi) is 6.69. The third kappa shape index (κ3) is 4.52. The fraction of sp³-hybridized carbons (Fsp3) is 0.667. The monoisotopic (exact) mass is 339 g/mol. The molecule has 0 aliphatic carbocycles. The molecule has 1 N–H and O–H groups in total. The van der Waals surface area contributed by atoms with E-state index >= 15 is 0 Å². The minimum atomic E-state index is -0.558. The van der Waals surface area contributed by atoms with Crippen molar-refractivity contribution in [3.63, 3.8) is 0 Å². The Morgan fingerprint density at radius 1 is 1.50 bits per heavy atom. The van der Waals surface area contributed by atoms with Gasteiger partial charge < -0.3 is 18.9 Å². The number of nitrogens with one attached hydrogen (secondary N) is 1. The Morgan fingerprint density at radius 3 is 3.00 bits per heavy atom. The van der Waals surface area contributed by atoms with E-state index in [0.717, 1.165) is 0 Å². The molecule has 1 fully saturated rings. The number of rotatable bonds is 8. The Balaban J connectivity index is 2.04. The summed E-state index contributed by atoms with van der Waals surface area (Å²) in [6.07, 6.45) is 0.940. The molecule has 0 aromatic carbocycles. The molecule has 9 heteroatoms. The van der Waals surface area contributed by atoms with Crippen molar-refractivity contribution in [2.24, 2.45) is 0 Å². The molecule has 2 heterocycles. The molecule has 9 nitrogen and oxygen atoms in total.